The van der Waals surface area contributed by atoms with E-state index in [9.17, 15) is 0 Å². The molecule has 21 heavy (non-hydrogen) atoms. The van der Waals surface area contributed by atoms with Gasteiger partial charge in [-0.15, -0.1) is 11.8 Å². The van der Waals surface area contributed by atoms with Crippen molar-refractivity contribution in [3.8, 4) is 0 Å². The lowest BCUT2D eigenvalue weighted by atomic mass is 9.45. The van der Waals surface area contributed by atoms with Gasteiger partial charge in [0.25, 0.3) is 0 Å². The Morgan fingerprint density at radius 1 is 0.857 bits per heavy atom. The zero-order valence-electron chi connectivity index (χ0n) is 15.2. The Balaban J connectivity index is 1.93. The Bertz CT molecular complexity index is 414. The molecule has 1 saturated heterocycles. The van der Waals surface area contributed by atoms with Crippen LogP contribution in [-0.2, 0) is 0 Å². The van der Waals surface area contributed by atoms with Gasteiger partial charge in [0.05, 0.1) is 0 Å². The second-order valence-corrected chi connectivity index (χ2v) is 11.9. The molecule has 0 spiro atoms. The van der Waals surface area contributed by atoms with Gasteiger partial charge in [-0.1, -0.05) is 48.0 Å². The second-order valence-electron chi connectivity index (χ2n) is 9.75. The van der Waals surface area contributed by atoms with Crippen molar-refractivity contribution in [2.75, 3.05) is 0 Å². The average Bonchev–Trinajstić information content (AvgIpc) is 2.36. The van der Waals surface area contributed by atoms with Gasteiger partial charge < -0.3 is 0 Å². The van der Waals surface area contributed by atoms with Crippen LogP contribution in [0, 0.1) is 22.7 Å². The first-order chi connectivity index (χ1) is 9.65. The van der Waals surface area contributed by atoms with E-state index in [1.54, 1.807) is 0 Å². The van der Waals surface area contributed by atoms with Gasteiger partial charge in [-0.2, -0.15) is 0 Å². The van der Waals surface area contributed by atoms with Crippen molar-refractivity contribution >= 4 is 11.8 Å². The predicted octanol–water partition coefficient (Wildman–Crippen LogP) is 6.68. The molecular formula is C20H36S. The van der Waals surface area contributed by atoms with E-state index in [1.165, 1.54) is 51.4 Å². The van der Waals surface area contributed by atoms with E-state index in [4.69, 9.17) is 0 Å². The van der Waals surface area contributed by atoms with E-state index >= 15 is 0 Å². The number of rotatable bonds is 1. The van der Waals surface area contributed by atoms with Crippen LogP contribution in [0.15, 0.2) is 0 Å². The molecule has 0 nitrogen and oxygen atoms in total. The van der Waals surface area contributed by atoms with Crippen LogP contribution in [0.1, 0.15) is 92.9 Å². The zero-order valence-corrected chi connectivity index (χ0v) is 16.0. The largest absolute Gasteiger partial charge is 0.149 e. The number of fused-ring (bicyclic) bond motifs is 3. The van der Waals surface area contributed by atoms with Crippen molar-refractivity contribution in [2.24, 2.45) is 22.7 Å². The number of thioether (sulfide) groups is 1. The molecule has 0 aromatic heterocycles. The predicted molar refractivity (Wildman–Crippen MR) is 95.9 cm³/mol. The molecule has 1 heteroatoms. The van der Waals surface area contributed by atoms with Gasteiger partial charge in [-0.05, 0) is 67.6 Å². The quantitative estimate of drug-likeness (QED) is 0.520. The average molecular weight is 309 g/mol. The summed E-state index contributed by atoms with van der Waals surface area (Å²) in [4.78, 5) is 0. The van der Waals surface area contributed by atoms with E-state index in [1.807, 2.05) is 0 Å². The van der Waals surface area contributed by atoms with Crippen LogP contribution in [0.2, 0.25) is 0 Å². The Labute approximate surface area is 137 Å². The number of hydrogen-bond donors (Lipinski definition) is 0. The Hall–Kier alpha value is 0.350. The van der Waals surface area contributed by atoms with Crippen LogP contribution in [-0.4, -0.2) is 9.49 Å². The van der Waals surface area contributed by atoms with Crippen LogP contribution < -0.4 is 0 Å². The van der Waals surface area contributed by atoms with Gasteiger partial charge in [0.15, 0.2) is 0 Å². The van der Waals surface area contributed by atoms with Gasteiger partial charge in [0.1, 0.15) is 0 Å². The highest BCUT2D eigenvalue weighted by molar-refractivity contribution is 8.02. The zero-order chi connectivity index (χ0) is 15.5. The minimum atomic E-state index is 0.540. The molecule has 122 valence electrons. The van der Waals surface area contributed by atoms with Crippen LogP contribution in [0.5, 0.6) is 0 Å². The topological polar surface area (TPSA) is 0 Å². The summed E-state index contributed by atoms with van der Waals surface area (Å²) in [6.07, 6.45) is 11.6. The van der Waals surface area contributed by atoms with Gasteiger partial charge in [-0.25, -0.2) is 0 Å². The summed E-state index contributed by atoms with van der Waals surface area (Å²) < 4.78 is 1.08. The summed E-state index contributed by atoms with van der Waals surface area (Å²) in [7, 11) is 0. The minimum Gasteiger partial charge on any atom is -0.149 e. The van der Waals surface area contributed by atoms with Crippen LogP contribution >= 0.6 is 11.8 Å². The Morgan fingerprint density at radius 2 is 1.52 bits per heavy atom. The third-order valence-corrected chi connectivity index (χ3v) is 9.87. The molecule has 3 aliphatic rings. The summed E-state index contributed by atoms with van der Waals surface area (Å²) in [5.41, 5.74) is 1.18. The Kier molecular flexibility index (Phi) is 3.80. The van der Waals surface area contributed by atoms with Crippen molar-refractivity contribution in [3.63, 3.8) is 0 Å². The standard InChI is InChI=1S/C20H36S/c1-7-18(4)13-9-16-19(5)12-8-11-17(2,3)15(19)10-14-20(16,6)21-18/h15-16H,7-14H2,1-6H3/t15-,16+,18+,19-,20+/m0/s1. The fourth-order valence-electron chi connectivity index (χ4n) is 6.68. The first kappa shape index (κ1) is 16.2. The maximum atomic E-state index is 2.68. The molecule has 2 saturated carbocycles. The van der Waals surface area contributed by atoms with Gasteiger partial charge in [0.2, 0.25) is 0 Å². The van der Waals surface area contributed by atoms with E-state index < -0.39 is 0 Å². The summed E-state index contributed by atoms with van der Waals surface area (Å²) in [5, 5.41) is 0. The minimum absolute atomic E-state index is 0.540. The molecule has 2 aliphatic carbocycles. The summed E-state index contributed by atoms with van der Waals surface area (Å²) in [5.74, 6) is 1.91. The Morgan fingerprint density at radius 3 is 2.19 bits per heavy atom. The first-order valence-corrected chi connectivity index (χ1v) is 10.2. The fourth-order valence-corrected chi connectivity index (χ4v) is 8.92. The molecule has 0 radical (unpaired) electrons. The lowest BCUT2D eigenvalue weighted by molar-refractivity contribution is -0.0907. The molecule has 0 unspecified atom stereocenters. The smallest absolute Gasteiger partial charge is 0.0170 e. The molecule has 0 N–H and O–H groups in total. The lowest BCUT2D eigenvalue weighted by Crippen LogP contribution is -2.59. The highest BCUT2D eigenvalue weighted by Crippen LogP contribution is 2.69. The van der Waals surface area contributed by atoms with Crippen LogP contribution in [0.4, 0.5) is 0 Å². The van der Waals surface area contributed by atoms with E-state index in [0.29, 0.717) is 20.3 Å². The molecule has 0 aromatic rings. The molecule has 0 bridgehead atoms. The van der Waals surface area contributed by atoms with E-state index in [2.05, 4.69) is 53.3 Å². The van der Waals surface area contributed by atoms with Crippen molar-refractivity contribution in [1.82, 2.24) is 0 Å². The van der Waals surface area contributed by atoms with Crippen LogP contribution in [0.3, 0.4) is 0 Å². The highest BCUT2D eigenvalue weighted by Gasteiger charge is 2.60. The normalized spacial score (nSPS) is 52.9. The molecule has 1 heterocycles. The van der Waals surface area contributed by atoms with Crippen molar-refractivity contribution in [3.05, 3.63) is 0 Å². The van der Waals surface area contributed by atoms with Crippen molar-refractivity contribution in [1.29, 1.82) is 0 Å². The fraction of sp³-hybridized carbons (Fsp3) is 1.00. The summed E-state index contributed by atoms with van der Waals surface area (Å²) >= 11 is 2.37. The van der Waals surface area contributed by atoms with Crippen LogP contribution in [0.25, 0.3) is 0 Å². The highest BCUT2D eigenvalue weighted by atomic mass is 32.2. The van der Waals surface area contributed by atoms with Gasteiger partial charge in [-0.3, -0.25) is 0 Å². The van der Waals surface area contributed by atoms with E-state index in [0.717, 1.165) is 11.8 Å². The third-order valence-electron chi connectivity index (χ3n) is 7.93. The molecule has 0 amide bonds. The molecule has 0 aromatic carbocycles. The molecular weight excluding hydrogens is 272 g/mol. The SMILES string of the molecule is CC[C@]1(C)CC[C@@H]2[C@@]3(C)CCCC(C)(C)[C@@H]3CC[C@@]2(C)S1. The van der Waals surface area contributed by atoms with Gasteiger partial charge in [0, 0.05) is 9.49 Å². The van der Waals surface area contributed by atoms with Crippen molar-refractivity contribution in [2.45, 2.75) is 102 Å². The molecule has 3 fully saturated rings. The maximum absolute atomic E-state index is 2.68. The summed E-state index contributed by atoms with van der Waals surface area (Å²) in [6.45, 7) is 15.3. The monoisotopic (exact) mass is 308 g/mol. The second kappa shape index (κ2) is 4.92. The summed E-state index contributed by atoms with van der Waals surface area (Å²) in [6, 6.07) is 0. The van der Waals surface area contributed by atoms with Crippen molar-refractivity contribution < 1.29 is 0 Å². The lowest BCUT2D eigenvalue weighted by Gasteiger charge is -2.65. The van der Waals surface area contributed by atoms with E-state index in [-0.39, 0.29) is 0 Å². The molecule has 1 aliphatic heterocycles. The van der Waals surface area contributed by atoms with Gasteiger partial charge >= 0.3 is 0 Å². The third kappa shape index (κ3) is 2.41. The first-order valence-electron chi connectivity index (χ1n) is 9.35. The maximum Gasteiger partial charge on any atom is 0.0170 e. The molecule has 5 atom stereocenters. The molecule has 3 rings (SSSR count). The number of hydrogen-bond acceptors (Lipinski definition) is 1.